The second-order valence-electron chi connectivity index (χ2n) is 8.95. The van der Waals surface area contributed by atoms with Gasteiger partial charge in [-0.1, -0.05) is 36.4 Å². The zero-order valence-corrected chi connectivity index (χ0v) is 21.0. The SMILES string of the molecule is COc1ccnc(C(=O)N[C@@](C)(C=O)COC(C)C2c3ccccc3Oc3ccccc32)c1OC(C)=O. The van der Waals surface area contributed by atoms with Gasteiger partial charge in [0.25, 0.3) is 5.91 Å². The van der Waals surface area contributed by atoms with Crippen molar-refractivity contribution in [3.63, 3.8) is 0 Å². The zero-order valence-electron chi connectivity index (χ0n) is 21.0. The van der Waals surface area contributed by atoms with Crippen molar-refractivity contribution in [2.75, 3.05) is 13.7 Å². The minimum atomic E-state index is -1.40. The first kappa shape index (κ1) is 25.8. The molecule has 37 heavy (non-hydrogen) atoms. The number of nitrogens with zero attached hydrogens (tertiary/aromatic N) is 1. The maximum absolute atomic E-state index is 13.1. The lowest BCUT2D eigenvalue weighted by molar-refractivity contribution is -0.132. The lowest BCUT2D eigenvalue weighted by atomic mass is 9.84. The molecule has 1 N–H and O–H groups in total. The molecule has 0 bridgehead atoms. The summed E-state index contributed by atoms with van der Waals surface area (Å²) in [6.07, 6.45) is 1.58. The van der Waals surface area contributed by atoms with Crippen LogP contribution in [-0.4, -0.2) is 48.5 Å². The molecular weight excluding hydrogens is 476 g/mol. The molecule has 192 valence electrons. The maximum Gasteiger partial charge on any atom is 0.308 e. The first-order chi connectivity index (χ1) is 17.8. The number of nitrogens with one attached hydrogen (secondary N) is 1. The highest BCUT2D eigenvalue weighted by Crippen LogP contribution is 2.46. The molecule has 1 aliphatic heterocycles. The van der Waals surface area contributed by atoms with E-state index in [0.29, 0.717) is 6.29 Å². The molecule has 1 unspecified atom stereocenters. The summed E-state index contributed by atoms with van der Waals surface area (Å²) >= 11 is 0. The maximum atomic E-state index is 13.1. The summed E-state index contributed by atoms with van der Waals surface area (Å²) in [7, 11) is 1.38. The van der Waals surface area contributed by atoms with Gasteiger partial charge in [-0.2, -0.15) is 0 Å². The van der Waals surface area contributed by atoms with Gasteiger partial charge in [-0.25, -0.2) is 4.98 Å². The largest absolute Gasteiger partial charge is 0.493 e. The van der Waals surface area contributed by atoms with Crippen LogP contribution in [0, 0.1) is 0 Å². The number of aldehydes is 1. The summed E-state index contributed by atoms with van der Waals surface area (Å²) in [5.74, 6) is 0.00190. The minimum absolute atomic E-state index is 0.113. The number of ether oxygens (including phenoxy) is 4. The second-order valence-corrected chi connectivity index (χ2v) is 8.95. The molecule has 0 aliphatic carbocycles. The Balaban J connectivity index is 1.54. The highest BCUT2D eigenvalue weighted by atomic mass is 16.6. The van der Waals surface area contributed by atoms with Gasteiger partial charge in [-0.05, 0) is 26.0 Å². The normalized spacial score (nSPS) is 14.7. The van der Waals surface area contributed by atoms with Gasteiger partial charge >= 0.3 is 5.97 Å². The Kier molecular flexibility index (Phi) is 7.54. The second kappa shape index (κ2) is 10.8. The Morgan fingerprint density at radius 2 is 1.73 bits per heavy atom. The van der Waals surface area contributed by atoms with Crippen LogP contribution < -0.4 is 19.5 Å². The third-order valence-corrected chi connectivity index (χ3v) is 6.05. The summed E-state index contributed by atoms with van der Waals surface area (Å²) < 4.78 is 22.6. The fraction of sp³-hybridized carbons (Fsp3) is 0.286. The third-order valence-electron chi connectivity index (χ3n) is 6.05. The van der Waals surface area contributed by atoms with E-state index in [9.17, 15) is 14.4 Å². The van der Waals surface area contributed by atoms with Crippen LogP contribution in [0.3, 0.4) is 0 Å². The summed E-state index contributed by atoms with van der Waals surface area (Å²) in [4.78, 5) is 40.8. The summed E-state index contributed by atoms with van der Waals surface area (Å²) in [6, 6.07) is 16.9. The van der Waals surface area contributed by atoms with E-state index in [-0.39, 0.29) is 35.8 Å². The highest BCUT2D eigenvalue weighted by Gasteiger charge is 2.35. The van der Waals surface area contributed by atoms with Crippen molar-refractivity contribution in [1.82, 2.24) is 10.3 Å². The van der Waals surface area contributed by atoms with Crippen molar-refractivity contribution in [2.24, 2.45) is 0 Å². The number of para-hydroxylation sites is 2. The fourth-order valence-corrected chi connectivity index (χ4v) is 4.27. The molecule has 9 heteroatoms. The number of fused-ring (bicyclic) bond motifs is 2. The molecule has 1 aromatic heterocycles. The van der Waals surface area contributed by atoms with Crippen molar-refractivity contribution >= 4 is 18.2 Å². The van der Waals surface area contributed by atoms with E-state index in [1.54, 1.807) is 6.92 Å². The van der Waals surface area contributed by atoms with E-state index < -0.39 is 17.4 Å². The van der Waals surface area contributed by atoms with Crippen LogP contribution in [0.1, 0.15) is 48.3 Å². The lowest BCUT2D eigenvalue weighted by Crippen LogP contribution is -2.52. The lowest BCUT2D eigenvalue weighted by Gasteiger charge is -2.34. The summed E-state index contributed by atoms with van der Waals surface area (Å²) in [5.41, 5.74) is 0.352. The Morgan fingerprint density at radius 1 is 1.11 bits per heavy atom. The van der Waals surface area contributed by atoms with E-state index in [1.165, 1.54) is 26.3 Å². The summed E-state index contributed by atoms with van der Waals surface area (Å²) in [6.45, 7) is 4.55. The molecule has 0 saturated heterocycles. The number of benzene rings is 2. The van der Waals surface area contributed by atoms with Crippen LogP contribution in [0.5, 0.6) is 23.0 Å². The Hall–Kier alpha value is -4.24. The van der Waals surface area contributed by atoms with Crippen molar-refractivity contribution in [3.8, 4) is 23.0 Å². The predicted molar refractivity (Wildman–Crippen MR) is 134 cm³/mol. The number of carbonyl (C=O) groups excluding carboxylic acids is 3. The standard InChI is InChI=1S/C28H28N2O7/c1-17(24-19-9-5-7-11-21(19)37-22-12-8-6-10-20(22)24)35-16-28(3,15-31)30-27(33)25-26(36-18(2)32)23(34-4)13-14-29-25/h5-15,17,24H,16H2,1-4H3,(H,30,33)/t17?,28-/m0/s1. The average molecular weight is 505 g/mol. The number of hydrogen-bond acceptors (Lipinski definition) is 8. The average Bonchev–Trinajstić information content (AvgIpc) is 2.90. The van der Waals surface area contributed by atoms with Crippen LogP contribution in [0.15, 0.2) is 60.8 Å². The van der Waals surface area contributed by atoms with Crippen LogP contribution in [0.2, 0.25) is 0 Å². The first-order valence-electron chi connectivity index (χ1n) is 11.7. The quantitative estimate of drug-likeness (QED) is 0.343. The van der Waals surface area contributed by atoms with Gasteiger partial charge in [-0.3, -0.25) is 9.59 Å². The number of carbonyl (C=O) groups is 3. The molecule has 1 aliphatic rings. The summed E-state index contributed by atoms with van der Waals surface area (Å²) in [5, 5.41) is 2.65. The van der Waals surface area contributed by atoms with Crippen molar-refractivity contribution in [3.05, 3.63) is 77.6 Å². The molecule has 0 saturated carbocycles. The number of amides is 1. The number of esters is 1. The van der Waals surface area contributed by atoms with E-state index in [2.05, 4.69) is 10.3 Å². The third kappa shape index (κ3) is 5.46. The smallest absolute Gasteiger partial charge is 0.308 e. The van der Waals surface area contributed by atoms with Gasteiger partial charge in [-0.15, -0.1) is 0 Å². The van der Waals surface area contributed by atoms with E-state index >= 15 is 0 Å². The molecule has 1 amide bonds. The molecule has 3 aromatic rings. The number of rotatable bonds is 9. The van der Waals surface area contributed by atoms with Gasteiger partial charge in [0.1, 0.15) is 23.3 Å². The van der Waals surface area contributed by atoms with E-state index in [4.69, 9.17) is 18.9 Å². The molecule has 0 radical (unpaired) electrons. The van der Waals surface area contributed by atoms with Gasteiger partial charge in [0.05, 0.1) is 19.8 Å². The number of hydrogen-bond donors (Lipinski definition) is 1. The van der Waals surface area contributed by atoms with Crippen LogP contribution in [0.25, 0.3) is 0 Å². The predicted octanol–water partition coefficient (Wildman–Crippen LogP) is 4.05. The highest BCUT2D eigenvalue weighted by molar-refractivity contribution is 5.98. The van der Waals surface area contributed by atoms with Gasteiger partial charge in [0, 0.05) is 36.2 Å². The van der Waals surface area contributed by atoms with Crippen molar-refractivity contribution in [1.29, 1.82) is 0 Å². The minimum Gasteiger partial charge on any atom is -0.493 e. The Morgan fingerprint density at radius 3 is 2.30 bits per heavy atom. The number of methoxy groups -OCH3 is 1. The van der Waals surface area contributed by atoms with Crippen molar-refractivity contribution in [2.45, 2.75) is 38.3 Å². The van der Waals surface area contributed by atoms with E-state index in [0.717, 1.165) is 22.6 Å². The fourth-order valence-electron chi connectivity index (χ4n) is 4.27. The first-order valence-corrected chi connectivity index (χ1v) is 11.7. The van der Waals surface area contributed by atoms with E-state index in [1.807, 2.05) is 55.5 Å². The number of aromatic nitrogens is 1. The molecule has 2 aromatic carbocycles. The van der Waals surface area contributed by atoms with Gasteiger partial charge in [0.2, 0.25) is 5.75 Å². The van der Waals surface area contributed by atoms with Gasteiger partial charge in [0.15, 0.2) is 11.4 Å². The monoisotopic (exact) mass is 504 g/mol. The Labute approximate surface area is 214 Å². The number of pyridine rings is 1. The Bertz CT molecular complexity index is 1280. The zero-order chi connectivity index (χ0) is 26.6. The molecule has 9 nitrogen and oxygen atoms in total. The van der Waals surface area contributed by atoms with Crippen LogP contribution >= 0.6 is 0 Å². The molecule has 0 fully saturated rings. The van der Waals surface area contributed by atoms with Crippen LogP contribution in [0.4, 0.5) is 0 Å². The topological polar surface area (TPSA) is 113 Å². The molecule has 4 rings (SSSR count). The van der Waals surface area contributed by atoms with Crippen molar-refractivity contribution < 1.29 is 33.3 Å². The van der Waals surface area contributed by atoms with Gasteiger partial charge < -0.3 is 29.1 Å². The molecular formula is C28H28N2O7. The molecule has 0 spiro atoms. The van der Waals surface area contributed by atoms with Crippen LogP contribution in [-0.2, 0) is 14.3 Å². The molecule has 2 heterocycles. The molecule has 2 atom stereocenters.